The molecule has 2 bridgehead atoms. The Kier molecular flexibility index (Phi) is 2.06. The Morgan fingerprint density at radius 1 is 1.05 bits per heavy atom. The topological polar surface area (TPSA) is 17.2 Å². The number of benzene rings is 2. The number of hydrogen-bond donors (Lipinski definition) is 0. The molecule has 1 fully saturated rings. The first-order valence-corrected chi connectivity index (χ1v) is 7.58. The molecule has 100 valence electrons. The molecule has 0 radical (unpaired) electrons. The second kappa shape index (κ2) is 3.83. The third-order valence-electron chi connectivity index (χ3n) is 5.33. The predicted octanol–water partition coefficient (Wildman–Crippen LogP) is 5.30. The van der Waals surface area contributed by atoms with Crippen molar-refractivity contribution in [2.75, 3.05) is 0 Å². The van der Waals surface area contributed by atoms with Gasteiger partial charge in [0.25, 0.3) is 0 Å². The molecule has 2 nitrogen and oxygen atoms in total. The Bertz CT molecular complexity index is 949. The minimum Gasteiger partial charge on any atom is -0.255 e. The van der Waals surface area contributed by atoms with E-state index in [0.717, 1.165) is 22.0 Å². The van der Waals surface area contributed by atoms with Crippen LogP contribution in [0.2, 0.25) is 0 Å². The van der Waals surface area contributed by atoms with Gasteiger partial charge < -0.3 is 0 Å². The Hall–Kier alpha value is -2.40. The van der Waals surface area contributed by atoms with E-state index in [1.807, 2.05) is 18.2 Å². The molecule has 5 rings (SSSR count). The highest BCUT2D eigenvalue weighted by atomic mass is 14.7. The molecule has 1 saturated carbocycles. The second-order valence-corrected chi connectivity index (χ2v) is 6.28. The van der Waals surface area contributed by atoms with Gasteiger partial charge in [-0.3, -0.25) is 4.98 Å². The molecule has 2 aliphatic rings. The van der Waals surface area contributed by atoms with E-state index in [0.29, 0.717) is 11.8 Å². The summed E-state index contributed by atoms with van der Waals surface area (Å²) in [6.07, 6.45) is 6.01. The van der Waals surface area contributed by atoms with Crippen molar-refractivity contribution in [1.82, 2.24) is 4.98 Å². The lowest BCUT2D eigenvalue weighted by molar-refractivity contribution is 0.719. The van der Waals surface area contributed by atoms with Gasteiger partial charge in [0, 0.05) is 6.20 Å². The zero-order valence-corrected chi connectivity index (χ0v) is 11.6. The normalized spacial score (nSPS) is 22.6. The maximum Gasteiger partial charge on any atom is 0.195 e. The highest BCUT2D eigenvalue weighted by Crippen LogP contribution is 2.55. The summed E-state index contributed by atoms with van der Waals surface area (Å²) < 4.78 is 0. The molecule has 2 unspecified atom stereocenters. The molecule has 2 aromatic carbocycles. The molecule has 0 N–H and O–H groups in total. The molecule has 0 spiro atoms. The van der Waals surface area contributed by atoms with E-state index in [9.17, 15) is 0 Å². The lowest BCUT2D eigenvalue weighted by Crippen LogP contribution is -2.00. The first-order chi connectivity index (χ1) is 10.4. The van der Waals surface area contributed by atoms with Gasteiger partial charge in [0.05, 0.1) is 12.1 Å². The van der Waals surface area contributed by atoms with Crippen LogP contribution < -0.4 is 0 Å². The number of rotatable bonds is 0. The fraction of sp³-hybridized carbons (Fsp3) is 0.263. The van der Waals surface area contributed by atoms with Gasteiger partial charge in [0.15, 0.2) is 5.69 Å². The van der Waals surface area contributed by atoms with Crippen molar-refractivity contribution in [2.45, 2.75) is 31.1 Å². The lowest BCUT2D eigenvalue weighted by Gasteiger charge is -2.18. The molecule has 0 saturated heterocycles. The first kappa shape index (κ1) is 11.3. The Labute approximate surface area is 123 Å². The van der Waals surface area contributed by atoms with Crippen molar-refractivity contribution in [3.63, 3.8) is 0 Å². The van der Waals surface area contributed by atoms with Gasteiger partial charge >= 0.3 is 0 Å². The molecule has 2 aliphatic carbocycles. The zero-order chi connectivity index (χ0) is 14.0. The number of aromatic nitrogens is 1. The standard InChI is InChI=1S/C19H14N2/c1-20-17-9-15-18-12-7-6-11(8-12)16(18)10-21-19(15)14-5-3-2-4-13(14)17/h2-5,9-12H,6-8H2. The molecule has 0 aliphatic heterocycles. The molecular weight excluding hydrogens is 256 g/mol. The highest BCUT2D eigenvalue weighted by Gasteiger charge is 2.38. The van der Waals surface area contributed by atoms with Crippen LogP contribution in [0.5, 0.6) is 0 Å². The molecule has 1 heterocycles. The van der Waals surface area contributed by atoms with Crippen LogP contribution in [0.15, 0.2) is 36.5 Å². The van der Waals surface area contributed by atoms with Crippen LogP contribution in [0.4, 0.5) is 5.69 Å². The van der Waals surface area contributed by atoms with Gasteiger partial charge in [0.2, 0.25) is 0 Å². The van der Waals surface area contributed by atoms with Crippen LogP contribution in [0.25, 0.3) is 26.5 Å². The van der Waals surface area contributed by atoms with Crippen molar-refractivity contribution in [2.24, 2.45) is 0 Å². The SMILES string of the molecule is [C-]#[N+]c1cc2c3c(cnc2c2ccccc12)C1CCC3C1. The van der Waals surface area contributed by atoms with Gasteiger partial charge in [-0.2, -0.15) is 0 Å². The van der Waals surface area contributed by atoms with Gasteiger partial charge in [-0.15, -0.1) is 0 Å². The molecule has 1 aromatic heterocycles. The summed E-state index contributed by atoms with van der Waals surface area (Å²) in [6.45, 7) is 7.51. The fourth-order valence-electron chi connectivity index (χ4n) is 4.44. The van der Waals surface area contributed by atoms with E-state index >= 15 is 0 Å². The number of fused-ring (bicyclic) bond motifs is 9. The minimum absolute atomic E-state index is 0.690. The predicted molar refractivity (Wildman–Crippen MR) is 84.8 cm³/mol. The van der Waals surface area contributed by atoms with E-state index in [1.165, 1.54) is 35.8 Å². The Balaban J connectivity index is 2.00. The molecule has 21 heavy (non-hydrogen) atoms. The summed E-state index contributed by atoms with van der Waals surface area (Å²) in [6, 6.07) is 10.2. The summed E-state index contributed by atoms with van der Waals surface area (Å²) in [5.41, 5.74) is 4.78. The fourth-order valence-corrected chi connectivity index (χ4v) is 4.44. The average molecular weight is 270 g/mol. The summed E-state index contributed by atoms with van der Waals surface area (Å²) in [4.78, 5) is 8.53. The molecule has 2 atom stereocenters. The molecule has 3 aromatic rings. The van der Waals surface area contributed by atoms with Gasteiger partial charge in [-0.1, -0.05) is 24.3 Å². The van der Waals surface area contributed by atoms with Crippen LogP contribution in [-0.4, -0.2) is 4.98 Å². The number of pyridine rings is 1. The van der Waals surface area contributed by atoms with Crippen LogP contribution in [0, 0.1) is 6.57 Å². The van der Waals surface area contributed by atoms with Crippen LogP contribution in [0.1, 0.15) is 42.2 Å². The maximum atomic E-state index is 7.51. The number of nitrogens with zero attached hydrogens (tertiary/aromatic N) is 2. The summed E-state index contributed by atoms with van der Waals surface area (Å²) >= 11 is 0. The average Bonchev–Trinajstić information content (AvgIpc) is 3.15. The molecule has 2 heteroatoms. The monoisotopic (exact) mass is 270 g/mol. The van der Waals surface area contributed by atoms with E-state index in [4.69, 9.17) is 11.6 Å². The summed E-state index contributed by atoms with van der Waals surface area (Å²) in [5, 5.41) is 3.37. The molecule has 0 amide bonds. The first-order valence-electron chi connectivity index (χ1n) is 7.58. The van der Waals surface area contributed by atoms with E-state index in [-0.39, 0.29) is 0 Å². The van der Waals surface area contributed by atoms with Crippen LogP contribution in [0.3, 0.4) is 0 Å². The number of hydrogen-bond acceptors (Lipinski definition) is 1. The molecular formula is C19H14N2. The lowest BCUT2D eigenvalue weighted by atomic mass is 9.89. The quantitative estimate of drug-likeness (QED) is 0.400. The van der Waals surface area contributed by atoms with Crippen molar-refractivity contribution in [3.05, 3.63) is 59.1 Å². The van der Waals surface area contributed by atoms with Crippen LogP contribution >= 0.6 is 0 Å². The highest BCUT2D eigenvalue weighted by molar-refractivity contribution is 6.12. The second-order valence-electron chi connectivity index (χ2n) is 6.28. The van der Waals surface area contributed by atoms with Gasteiger partial charge in [-0.05, 0) is 64.5 Å². The van der Waals surface area contributed by atoms with E-state index in [1.54, 1.807) is 0 Å². The zero-order valence-electron chi connectivity index (χ0n) is 11.6. The third-order valence-corrected chi connectivity index (χ3v) is 5.33. The Morgan fingerprint density at radius 2 is 1.86 bits per heavy atom. The summed E-state index contributed by atoms with van der Waals surface area (Å²) in [5.74, 6) is 1.40. The maximum absolute atomic E-state index is 7.51. The summed E-state index contributed by atoms with van der Waals surface area (Å²) in [7, 11) is 0. The van der Waals surface area contributed by atoms with Crippen LogP contribution in [-0.2, 0) is 0 Å². The minimum atomic E-state index is 0.690. The largest absolute Gasteiger partial charge is 0.255 e. The van der Waals surface area contributed by atoms with Crippen molar-refractivity contribution >= 4 is 27.4 Å². The van der Waals surface area contributed by atoms with Gasteiger partial charge in [0.1, 0.15) is 0 Å². The van der Waals surface area contributed by atoms with E-state index in [2.05, 4.69) is 23.2 Å². The van der Waals surface area contributed by atoms with Crippen molar-refractivity contribution in [1.29, 1.82) is 0 Å². The van der Waals surface area contributed by atoms with Crippen molar-refractivity contribution in [3.8, 4) is 0 Å². The third kappa shape index (κ3) is 1.34. The van der Waals surface area contributed by atoms with Crippen molar-refractivity contribution < 1.29 is 0 Å². The van der Waals surface area contributed by atoms with E-state index < -0.39 is 0 Å². The van der Waals surface area contributed by atoms with Gasteiger partial charge in [-0.25, -0.2) is 4.85 Å². The smallest absolute Gasteiger partial charge is 0.195 e. The Morgan fingerprint density at radius 3 is 2.71 bits per heavy atom.